The van der Waals surface area contributed by atoms with Crippen LogP contribution in [0.4, 0.5) is 4.39 Å². The molecule has 2 rings (SSSR count). The summed E-state index contributed by atoms with van der Waals surface area (Å²) in [4.78, 5) is 2.28. The summed E-state index contributed by atoms with van der Waals surface area (Å²) in [6.45, 7) is 3.61. The number of rotatable bonds is 3. The number of piperidine rings is 1. The lowest BCUT2D eigenvalue weighted by molar-refractivity contribution is 0.121. The molecule has 1 heterocycles. The molecule has 1 aliphatic rings. The lowest BCUT2D eigenvalue weighted by Gasteiger charge is -2.38. The normalized spacial score (nSPS) is 21.8. The SMILES string of the molecule is CC(N)C1CCCCN1Cc1cccc(Cl)c1F.Cl. The molecule has 0 saturated carbocycles. The van der Waals surface area contributed by atoms with E-state index < -0.39 is 0 Å². The summed E-state index contributed by atoms with van der Waals surface area (Å²) in [5.41, 5.74) is 6.68. The Balaban J connectivity index is 0.00000180. The molecular formula is C14H21Cl2FN2. The van der Waals surface area contributed by atoms with Crippen LogP contribution in [-0.4, -0.2) is 23.5 Å². The van der Waals surface area contributed by atoms with Gasteiger partial charge < -0.3 is 5.73 Å². The summed E-state index contributed by atoms with van der Waals surface area (Å²) in [6, 6.07) is 5.64. The zero-order valence-electron chi connectivity index (χ0n) is 11.1. The van der Waals surface area contributed by atoms with Gasteiger partial charge in [0.15, 0.2) is 0 Å². The molecule has 0 amide bonds. The number of likely N-dealkylation sites (tertiary alicyclic amines) is 1. The van der Waals surface area contributed by atoms with Crippen molar-refractivity contribution in [2.24, 2.45) is 5.73 Å². The fourth-order valence-corrected chi connectivity index (χ4v) is 2.89. The van der Waals surface area contributed by atoms with Crippen LogP contribution in [0.15, 0.2) is 18.2 Å². The van der Waals surface area contributed by atoms with Crippen LogP contribution in [0.3, 0.4) is 0 Å². The first-order valence-electron chi connectivity index (χ1n) is 6.52. The molecule has 0 spiro atoms. The number of nitrogens with zero attached hydrogens (tertiary/aromatic N) is 1. The second-order valence-corrected chi connectivity index (χ2v) is 5.51. The van der Waals surface area contributed by atoms with E-state index in [9.17, 15) is 4.39 Å². The molecule has 19 heavy (non-hydrogen) atoms. The van der Waals surface area contributed by atoms with Crippen LogP contribution in [0, 0.1) is 5.82 Å². The van der Waals surface area contributed by atoms with Gasteiger partial charge in [-0.25, -0.2) is 4.39 Å². The predicted octanol–water partition coefficient (Wildman–Crippen LogP) is 3.60. The zero-order valence-corrected chi connectivity index (χ0v) is 12.7. The van der Waals surface area contributed by atoms with Crippen molar-refractivity contribution in [3.05, 3.63) is 34.6 Å². The molecule has 1 aromatic rings. The van der Waals surface area contributed by atoms with Crippen molar-refractivity contribution in [1.82, 2.24) is 4.90 Å². The standard InChI is InChI=1S/C14H20ClFN2.ClH/c1-10(17)13-7-2-3-8-18(13)9-11-5-4-6-12(15)14(11)16;/h4-6,10,13H,2-3,7-9,17H2,1H3;1H. The van der Waals surface area contributed by atoms with Gasteiger partial charge in [0.2, 0.25) is 0 Å². The van der Waals surface area contributed by atoms with Gasteiger partial charge in [-0.3, -0.25) is 4.90 Å². The summed E-state index contributed by atoms with van der Waals surface area (Å²) < 4.78 is 13.9. The van der Waals surface area contributed by atoms with Gasteiger partial charge in [0.05, 0.1) is 5.02 Å². The van der Waals surface area contributed by atoms with Gasteiger partial charge in [-0.15, -0.1) is 12.4 Å². The lowest BCUT2D eigenvalue weighted by Crippen LogP contribution is -2.48. The Bertz CT molecular complexity index is 412. The first-order valence-corrected chi connectivity index (χ1v) is 6.90. The Morgan fingerprint density at radius 3 is 2.89 bits per heavy atom. The van der Waals surface area contributed by atoms with E-state index in [4.69, 9.17) is 17.3 Å². The van der Waals surface area contributed by atoms with E-state index in [1.54, 1.807) is 18.2 Å². The molecule has 5 heteroatoms. The van der Waals surface area contributed by atoms with E-state index in [0.717, 1.165) is 19.4 Å². The fourth-order valence-electron chi connectivity index (χ4n) is 2.70. The molecule has 2 atom stereocenters. The minimum atomic E-state index is -0.298. The molecule has 1 fully saturated rings. The topological polar surface area (TPSA) is 29.3 Å². The summed E-state index contributed by atoms with van der Waals surface area (Å²) in [6.07, 6.45) is 3.46. The van der Waals surface area contributed by atoms with Crippen molar-refractivity contribution in [3.8, 4) is 0 Å². The van der Waals surface area contributed by atoms with Crippen LogP contribution in [0.1, 0.15) is 31.7 Å². The second-order valence-electron chi connectivity index (χ2n) is 5.11. The first kappa shape index (κ1) is 16.7. The van der Waals surface area contributed by atoms with Gasteiger partial charge in [-0.05, 0) is 32.4 Å². The van der Waals surface area contributed by atoms with Crippen molar-refractivity contribution in [1.29, 1.82) is 0 Å². The minimum Gasteiger partial charge on any atom is -0.327 e. The van der Waals surface area contributed by atoms with Crippen molar-refractivity contribution in [2.45, 2.75) is 44.8 Å². The van der Waals surface area contributed by atoms with Gasteiger partial charge in [-0.1, -0.05) is 30.2 Å². The van der Waals surface area contributed by atoms with Crippen LogP contribution >= 0.6 is 24.0 Å². The first-order chi connectivity index (χ1) is 8.59. The molecule has 2 N–H and O–H groups in total. The van der Waals surface area contributed by atoms with Crippen LogP contribution in [0.5, 0.6) is 0 Å². The van der Waals surface area contributed by atoms with Gasteiger partial charge in [0.1, 0.15) is 5.82 Å². The third kappa shape index (κ3) is 4.06. The summed E-state index contributed by atoms with van der Waals surface area (Å²) in [5, 5.41) is 0.196. The van der Waals surface area contributed by atoms with Crippen molar-refractivity contribution >= 4 is 24.0 Å². The maximum atomic E-state index is 13.9. The predicted molar refractivity (Wildman–Crippen MR) is 80.4 cm³/mol. The van der Waals surface area contributed by atoms with Crippen molar-refractivity contribution in [3.63, 3.8) is 0 Å². The Kier molecular flexibility index (Phi) is 6.54. The molecule has 0 aromatic heterocycles. The van der Waals surface area contributed by atoms with E-state index >= 15 is 0 Å². The molecule has 1 aromatic carbocycles. The number of hydrogen-bond donors (Lipinski definition) is 1. The lowest BCUT2D eigenvalue weighted by atomic mass is 9.96. The smallest absolute Gasteiger partial charge is 0.146 e. The molecule has 1 aliphatic heterocycles. The number of nitrogens with two attached hydrogens (primary N) is 1. The molecule has 0 aliphatic carbocycles. The van der Waals surface area contributed by atoms with Crippen molar-refractivity contribution in [2.75, 3.05) is 6.54 Å². The van der Waals surface area contributed by atoms with E-state index in [1.807, 2.05) is 6.92 Å². The molecule has 2 nitrogen and oxygen atoms in total. The quantitative estimate of drug-likeness (QED) is 0.924. The largest absolute Gasteiger partial charge is 0.327 e. The number of hydrogen-bond acceptors (Lipinski definition) is 2. The monoisotopic (exact) mass is 306 g/mol. The summed E-state index contributed by atoms with van der Waals surface area (Å²) in [5.74, 6) is -0.298. The molecule has 108 valence electrons. The molecule has 0 radical (unpaired) electrons. The minimum absolute atomic E-state index is 0. The third-order valence-corrected chi connectivity index (χ3v) is 3.97. The van der Waals surface area contributed by atoms with Gasteiger partial charge >= 0.3 is 0 Å². The Morgan fingerprint density at radius 1 is 1.47 bits per heavy atom. The van der Waals surface area contributed by atoms with E-state index in [2.05, 4.69) is 4.90 Å². The van der Waals surface area contributed by atoms with E-state index in [-0.39, 0.29) is 29.3 Å². The number of halogens is 3. The second kappa shape index (κ2) is 7.44. The highest BCUT2D eigenvalue weighted by Crippen LogP contribution is 2.24. The van der Waals surface area contributed by atoms with Crippen molar-refractivity contribution < 1.29 is 4.39 Å². The highest BCUT2D eigenvalue weighted by Gasteiger charge is 2.26. The van der Waals surface area contributed by atoms with Gasteiger partial charge in [0.25, 0.3) is 0 Å². The van der Waals surface area contributed by atoms with Crippen LogP contribution in [0.25, 0.3) is 0 Å². The number of benzene rings is 1. The maximum Gasteiger partial charge on any atom is 0.146 e. The molecule has 0 bridgehead atoms. The Hall–Kier alpha value is -0.350. The Morgan fingerprint density at radius 2 is 2.21 bits per heavy atom. The van der Waals surface area contributed by atoms with E-state index in [0.29, 0.717) is 18.2 Å². The molecule has 2 unspecified atom stereocenters. The average Bonchev–Trinajstić information content (AvgIpc) is 2.35. The summed E-state index contributed by atoms with van der Waals surface area (Å²) in [7, 11) is 0. The maximum absolute atomic E-state index is 13.9. The van der Waals surface area contributed by atoms with Gasteiger partial charge in [0, 0.05) is 24.2 Å². The zero-order chi connectivity index (χ0) is 13.1. The van der Waals surface area contributed by atoms with Crippen LogP contribution in [0.2, 0.25) is 5.02 Å². The Labute approximate surface area is 125 Å². The average molecular weight is 307 g/mol. The van der Waals surface area contributed by atoms with Crippen LogP contribution < -0.4 is 5.73 Å². The molecule has 1 saturated heterocycles. The molecular weight excluding hydrogens is 286 g/mol. The summed E-state index contributed by atoms with van der Waals surface area (Å²) >= 11 is 5.81. The highest BCUT2D eigenvalue weighted by atomic mass is 35.5. The van der Waals surface area contributed by atoms with Gasteiger partial charge in [-0.2, -0.15) is 0 Å². The fraction of sp³-hybridized carbons (Fsp3) is 0.571. The third-order valence-electron chi connectivity index (χ3n) is 3.68. The van der Waals surface area contributed by atoms with E-state index in [1.165, 1.54) is 6.42 Å². The van der Waals surface area contributed by atoms with Crippen LogP contribution in [-0.2, 0) is 6.54 Å². The highest BCUT2D eigenvalue weighted by molar-refractivity contribution is 6.30.